The summed E-state index contributed by atoms with van der Waals surface area (Å²) in [5, 5.41) is 3.28. The molecule has 1 rings (SSSR count). The highest BCUT2D eigenvalue weighted by molar-refractivity contribution is 5.06. The van der Waals surface area contributed by atoms with Crippen LogP contribution in [0.25, 0.3) is 0 Å². The SMILES string of the molecule is CC#CC1CCCN1. The zero-order valence-corrected chi connectivity index (χ0v) is 5.20. The zero-order chi connectivity index (χ0) is 5.82. The maximum Gasteiger partial charge on any atom is 0.0689 e. The largest absolute Gasteiger partial charge is 0.304 e. The van der Waals surface area contributed by atoms with Gasteiger partial charge in [-0.15, -0.1) is 5.92 Å². The van der Waals surface area contributed by atoms with Crippen LogP contribution in [0.4, 0.5) is 0 Å². The van der Waals surface area contributed by atoms with Gasteiger partial charge in [0.1, 0.15) is 0 Å². The number of hydrogen-bond donors (Lipinski definition) is 1. The average molecular weight is 109 g/mol. The van der Waals surface area contributed by atoms with E-state index in [0.717, 1.165) is 6.54 Å². The third-order valence-electron chi connectivity index (χ3n) is 1.38. The molecule has 0 amide bonds. The summed E-state index contributed by atoms with van der Waals surface area (Å²) in [5.74, 6) is 5.98. The van der Waals surface area contributed by atoms with Crippen molar-refractivity contribution < 1.29 is 0 Å². The van der Waals surface area contributed by atoms with Crippen molar-refractivity contribution in [2.24, 2.45) is 0 Å². The first-order chi connectivity index (χ1) is 3.93. The van der Waals surface area contributed by atoms with Gasteiger partial charge in [0.05, 0.1) is 6.04 Å². The van der Waals surface area contributed by atoms with Crippen LogP contribution < -0.4 is 5.32 Å². The molecule has 0 radical (unpaired) electrons. The van der Waals surface area contributed by atoms with E-state index < -0.39 is 0 Å². The topological polar surface area (TPSA) is 12.0 Å². The molecular weight excluding hydrogens is 98.1 g/mol. The molecule has 1 nitrogen and oxygen atoms in total. The monoisotopic (exact) mass is 109 g/mol. The molecule has 1 heterocycles. The van der Waals surface area contributed by atoms with Gasteiger partial charge in [0.25, 0.3) is 0 Å². The standard InChI is InChI=1S/C7H11N/c1-2-4-7-5-3-6-8-7/h7-8H,3,5-6H2,1H3. The Morgan fingerprint density at radius 2 is 2.50 bits per heavy atom. The first-order valence-electron chi connectivity index (χ1n) is 3.09. The number of nitrogens with one attached hydrogen (secondary N) is 1. The molecule has 1 unspecified atom stereocenters. The molecule has 0 aliphatic carbocycles. The van der Waals surface area contributed by atoms with Crippen LogP contribution >= 0.6 is 0 Å². The lowest BCUT2D eigenvalue weighted by atomic mass is 10.2. The van der Waals surface area contributed by atoms with E-state index in [-0.39, 0.29) is 0 Å². The Kier molecular flexibility index (Phi) is 1.93. The summed E-state index contributed by atoms with van der Waals surface area (Å²) < 4.78 is 0. The maximum atomic E-state index is 3.28. The smallest absolute Gasteiger partial charge is 0.0689 e. The van der Waals surface area contributed by atoms with E-state index in [4.69, 9.17) is 0 Å². The molecule has 1 aliphatic heterocycles. The zero-order valence-electron chi connectivity index (χ0n) is 5.20. The highest BCUT2D eigenvalue weighted by Gasteiger charge is 2.08. The van der Waals surface area contributed by atoms with Crippen LogP contribution in [0.3, 0.4) is 0 Å². The van der Waals surface area contributed by atoms with Gasteiger partial charge in [-0.05, 0) is 26.3 Å². The highest BCUT2D eigenvalue weighted by atomic mass is 14.9. The molecule has 0 bridgehead atoms. The van der Waals surface area contributed by atoms with Crippen molar-refractivity contribution in [1.82, 2.24) is 5.32 Å². The van der Waals surface area contributed by atoms with Crippen LogP contribution in [0.1, 0.15) is 19.8 Å². The average Bonchev–Trinajstić information content (AvgIpc) is 2.19. The van der Waals surface area contributed by atoms with Gasteiger partial charge in [-0.2, -0.15) is 0 Å². The van der Waals surface area contributed by atoms with E-state index in [9.17, 15) is 0 Å². The molecule has 1 heteroatoms. The van der Waals surface area contributed by atoms with Gasteiger partial charge in [0, 0.05) is 0 Å². The highest BCUT2D eigenvalue weighted by Crippen LogP contribution is 2.02. The Labute approximate surface area is 50.5 Å². The molecule has 1 atom stereocenters. The molecule has 1 aliphatic rings. The van der Waals surface area contributed by atoms with Gasteiger partial charge < -0.3 is 5.32 Å². The van der Waals surface area contributed by atoms with E-state index in [1.165, 1.54) is 12.8 Å². The fraction of sp³-hybridized carbons (Fsp3) is 0.714. The van der Waals surface area contributed by atoms with Crippen LogP contribution in [0.5, 0.6) is 0 Å². The summed E-state index contributed by atoms with van der Waals surface area (Å²) in [6.07, 6.45) is 2.53. The summed E-state index contributed by atoms with van der Waals surface area (Å²) in [7, 11) is 0. The van der Waals surface area contributed by atoms with Gasteiger partial charge in [0.15, 0.2) is 0 Å². The fourth-order valence-electron chi connectivity index (χ4n) is 0.982. The minimum Gasteiger partial charge on any atom is -0.304 e. The minimum atomic E-state index is 0.500. The van der Waals surface area contributed by atoms with Gasteiger partial charge in [-0.3, -0.25) is 0 Å². The van der Waals surface area contributed by atoms with Crippen molar-refractivity contribution >= 4 is 0 Å². The van der Waals surface area contributed by atoms with Crippen molar-refractivity contribution in [3.8, 4) is 11.8 Å². The second kappa shape index (κ2) is 2.74. The second-order valence-electron chi connectivity index (χ2n) is 2.04. The minimum absolute atomic E-state index is 0.500. The van der Waals surface area contributed by atoms with E-state index >= 15 is 0 Å². The number of hydrogen-bond acceptors (Lipinski definition) is 1. The van der Waals surface area contributed by atoms with Crippen molar-refractivity contribution in [3.63, 3.8) is 0 Å². The second-order valence-corrected chi connectivity index (χ2v) is 2.04. The van der Waals surface area contributed by atoms with Crippen molar-refractivity contribution in [2.45, 2.75) is 25.8 Å². The van der Waals surface area contributed by atoms with E-state index in [1.807, 2.05) is 6.92 Å². The van der Waals surface area contributed by atoms with E-state index in [1.54, 1.807) is 0 Å². The Bertz CT molecular complexity index is 112. The van der Waals surface area contributed by atoms with Crippen LogP contribution in [0, 0.1) is 11.8 Å². The summed E-state index contributed by atoms with van der Waals surface area (Å²) in [5.41, 5.74) is 0. The molecule has 0 saturated carbocycles. The molecule has 0 aromatic heterocycles. The molecule has 0 spiro atoms. The lowest BCUT2D eigenvalue weighted by Crippen LogP contribution is -2.18. The van der Waals surface area contributed by atoms with Gasteiger partial charge in [-0.25, -0.2) is 0 Å². The molecule has 1 fully saturated rings. The fourth-order valence-corrected chi connectivity index (χ4v) is 0.982. The van der Waals surface area contributed by atoms with Crippen molar-refractivity contribution in [2.75, 3.05) is 6.54 Å². The lowest BCUT2D eigenvalue weighted by molar-refractivity contribution is 0.749. The van der Waals surface area contributed by atoms with Crippen LogP contribution in [-0.4, -0.2) is 12.6 Å². The summed E-state index contributed by atoms with van der Waals surface area (Å²) >= 11 is 0. The normalized spacial score (nSPS) is 26.9. The predicted molar refractivity (Wildman–Crippen MR) is 34.5 cm³/mol. The van der Waals surface area contributed by atoms with Crippen molar-refractivity contribution in [1.29, 1.82) is 0 Å². The summed E-state index contributed by atoms with van der Waals surface area (Å²) in [4.78, 5) is 0. The van der Waals surface area contributed by atoms with Crippen LogP contribution in [0.15, 0.2) is 0 Å². The molecule has 1 N–H and O–H groups in total. The molecule has 0 aromatic rings. The first-order valence-corrected chi connectivity index (χ1v) is 3.09. The molecule has 8 heavy (non-hydrogen) atoms. The predicted octanol–water partition coefficient (Wildman–Crippen LogP) is 0.762. The molecule has 1 saturated heterocycles. The quantitative estimate of drug-likeness (QED) is 0.453. The maximum absolute atomic E-state index is 3.28. The van der Waals surface area contributed by atoms with Gasteiger partial charge >= 0.3 is 0 Å². The molecule has 0 aromatic carbocycles. The third-order valence-corrected chi connectivity index (χ3v) is 1.38. The number of rotatable bonds is 0. The Morgan fingerprint density at radius 3 is 3.00 bits per heavy atom. The molecular formula is C7H11N. The van der Waals surface area contributed by atoms with Crippen molar-refractivity contribution in [3.05, 3.63) is 0 Å². The molecule has 44 valence electrons. The summed E-state index contributed by atoms with van der Waals surface area (Å²) in [6.45, 7) is 3.04. The van der Waals surface area contributed by atoms with E-state index in [0.29, 0.717) is 6.04 Å². The van der Waals surface area contributed by atoms with Crippen LogP contribution in [0.2, 0.25) is 0 Å². The Morgan fingerprint density at radius 1 is 1.62 bits per heavy atom. The van der Waals surface area contributed by atoms with Gasteiger partial charge in [-0.1, -0.05) is 5.92 Å². The van der Waals surface area contributed by atoms with Crippen LogP contribution in [-0.2, 0) is 0 Å². The van der Waals surface area contributed by atoms with E-state index in [2.05, 4.69) is 17.2 Å². The Hall–Kier alpha value is -0.480. The van der Waals surface area contributed by atoms with Gasteiger partial charge in [0.2, 0.25) is 0 Å². The lowest BCUT2D eigenvalue weighted by Gasteiger charge is -1.95. The third kappa shape index (κ3) is 1.24. The summed E-state index contributed by atoms with van der Waals surface area (Å²) in [6, 6.07) is 0.500. The first kappa shape index (κ1) is 5.65. The Balaban J connectivity index is 2.32.